The van der Waals surface area contributed by atoms with Crippen molar-refractivity contribution in [3.05, 3.63) is 46.2 Å². The van der Waals surface area contributed by atoms with E-state index < -0.39 is 0 Å². The molecular formula is C28H41BrN2. The molecule has 1 aliphatic carbocycles. The fourth-order valence-electron chi connectivity index (χ4n) is 4.95. The molecule has 0 unspecified atom stereocenters. The predicted molar refractivity (Wildman–Crippen MR) is 136 cm³/mol. The number of hydrogen-bond donors (Lipinski definition) is 0. The Labute approximate surface area is 198 Å². The Kier molecular flexibility index (Phi) is 10.5. The zero-order valence-corrected chi connectivity index (χ0v) is 21.3. The van der Waals surface area contributed by atoms with Crippen molar-refractivity contribution >= 4 is 15.9 Å². The van der Waals surface area contributed by atoms with E-state index in [4.69, 9.17) is 0 Å². The molecule has 0 bridgehead atoms. The van der Waals surface area contributed by atoms with E-state index in [1.165, 1.54) is 92.6 Å². The van der Waals surface area contributed by atoms with Gasteiger partial charge in [0.25, 0.3) is 0 Å². The van der Waals surface area contributed by atoms with Crippen LogP contribution in [0.25, 0.3) is 11.4 Å². The molecule has 0 N–H and O–H groups in total. The Balaban J connectivity index is 1.45. The summed E-state index contributed by atoms with van der Waals surface area (Å²) in [4.78, 5) is 9.36. The van der Waals surface area contributed by atoms with Gasteiger partial charge in [-0.15, -0.1) is 0 Å². The Hall–Kier alpha value is -1.22. The monoisotopic (exact) mass is 484 g/mol. The number of rotatable bonds is 12. The molecule has 1 heterocycles. The summed E-state index contributed by atoms with van der Waals surface area (Å²) in [6.07, 6.45) is 22.8. The number of benzene rings is 1. The van der Waals surface area contributed by atoms with E-state index >= 15 is 0 Å². The third-order valence-electron chi connectivity index (χ3n) is 7.09. The Morgan fingerprint density at radius 1 is 0.806 bits per heavy atom. The van der Waals surface area contributed by atoms with Gasteiger partial charge in [-0.05, 0) is 54.7 Å². The minimum atomic E-state index is 0.831. The van der Waals surface area contributed by atoms with E-state index in [0.717, 1.165) is 36.1 Å². The van der Waals surface area contributed by atoms with Crippen LogP contribution in [0.1, 0.15) is 102 Å². The normalized spacial score (nSPS) is 18.9. The maximum Gasteiger partial charge on any atom is 0.159 e. The number of hydrogen-bond acceptors (Lipinski definition) is 2. The lowest BCUT2D eigenvalue weighted by Crippen LogP contribution is -2.15. The van der Waals surface area contributed by atoms with Crippen molar-refractivity contribution in [2.45, 2.75) is 104 Å². The molecule has 2 nitrogen and oxygen atoms in total. The molecular weight excluding hydrogens is 444 g/mol. The third kappa shape index (κ3) is 8.00. The van der Waals surface area contributed by atoms with Gasteiger partial charge in [-0.1, -0.05) is 106 Å². The molecule has 1 aromatic heterocycles. The van der Waals surface area contributed by atoms with Crippen LogP contribution >= 0.6 is 15.9 Å². The van der Waals surface area contributed by atoms with E-state index in [9.17, 15) is 0 Å². The van der Waals surface area contributed by atoms with E-state index in [1.54, 1.807) is 0 Å². The number of unbranched alkanes of at least 4 members (excludes halogenated alkanes) is 4. The summed E-state index contributed by atoms with van der Waals surface area (Å²) >= 11 is 3.75. The molecule has 0 amide bonds. The smallest absolute Gasteiger partial charge is 0.159 e. The van der Waals surface area contributed by atoms with Crippen LogP contribution in [0.5, 0.6) is 0 Å². The summed E-state index contributed by atoms with van der Waals surface area (Å²) in [5.41, 5.74) is 3.76. The molecule has 2 aromatic rings. The first kappa shape index (κ1) is 24.4. The van der Waals surface area contributed by atoms with E-state index in [-0.39, 0.29) is 0 Å². The number of halogens is 1. The average molecular weight is 486 g/mol. The standard InChI is InChI=1S/C28H41BrN2/c1-3-5-7-9-22-11-13-23(14-12-22)15-16-24-20-30-28(31-21-24)26-18-17-25(27(29)19-26)10-8-6-4-2/h17-23H,3-16H2,1-2H3/t22-,23-. The molecule has 0 spiro atoms. The first-order valence-corrected chi connectivity index (χ1v) is 13.6. The summed E-state index contributed by atoms with van der Waals surface area (Å²) < 4.78 is 1.18. The van der Waals surface area contributed by atoms with Crippen LogP contribution in [-0.4, -0.2) is 9.97 Å². The molecule has 31 heavy (non-hydrogen) atoms. The van der Waals surface area contributed by atoms with Gasteiger partial charge in [0.2, 0.25) is 0 Å². The summed E-state index contributed by atoms with van der Waals surface area (Å²) in [6.45, 7) is 4.55. The fraction of sp³-hybridized carbons (Fsp3) is 0.643. The van der Waals surface area contributed by atoms with E-state index in [0.29, 0.717) is 0 Å². The van der Waals surface area contributed by atoms with Crippen LogP contribution in [0.2, 0.25) is 0 Å². The summed E-state index contributed by atoms with van der Waals surface area (Å²) in [7, 11) is 0. The second kappa shape index (κ2) is 13.4. The quantitative estimate of drug-likeness (QED) is 0.280. The van der Waals surface area contributed by atoms with Crippen LogP contribution in [0.4, 0.5) is 0 Å². The fourth-order valence-corrected chi connectivity index (χ4v) is 5.53. The van der Waals surface area contributed by atoms with Crippen molar-refractivity contribution in [2.75, 3.05) is 0 Å². The Morgan fingerprint density at radius 3 is 2.10 bits per heavy atom. The van der Waals surface area contributed by atoms with Gasteiger partial charge in [0.1, 0.15) is 0 Å². The topological polar surface area (TPSA) is 25.8 Å². The zero-order chi connectivity index (χ0) is 21.9. The van der Waals surface area contributed by atoms with Crippen LogP contribution < -0.4 is 0 Å². The van der Waals surface area contributed by atoms with Gasteiger partial charge < -0.3 is 0 Å². The van der Waals surface area contributed by atoms with Crippen molar-refractivity contribution in [2.24, 2.45) is 11.8 Å². The lowest BCUT2D eigenvalue weighted by molar-refractivity contribution is 0.249. The highest BCUT2D eigenvalue weighted by molar-refractivity contribution is 9.10. The number of nitrogens with zero attached hydrogens (tertiary/aromatic N) is 2. The largest absolute Gasteiger partial charge is 0.236 e. The number of aryl methyl sites for hydroxylation is 2. The zero-order valence-electron chi connectivity index (χ0n) is 19.7. The molecule has 1 saturated carbocycles. The lowest BCUT2D eigenvalue weighted by Gasteiger charge is -2.28. The van der Waals surface area contributed by atoms with Gasteiger partial charge in [0.05, 0.1) is 0 Å². The average Bonchev–Trinajstić information content (AvgIpc) is 2.80. The molecule has 0 aliphatic heterocycles. The maximum absolute atomic E-state index is 4.68. The van der Waals surface area contributed by atoms with E-state index in [1.807, 2.05) is 12.4 Å². The van der Waals surface area contributed by atoms with Crippen molar-refractivity contribution < 1.29 is 0 Å². The molecule has 170 valence electrons. The van der Waals surface area contributed by atoms with E-state index in [2.05, 4.69) is 57.9 Å². The Bertz CT molecular complexity index is 763. The molecule has 0 saturated heterocycles. The summed E-state index contributed by atoms with van der Waals surface area (Å²) in [6, 6.07) is 6.57. The van der Waals surface area contributed by atoms with Crippen LogP contribution in [0.15, 0.2) is 35.1 Å². The van der Waals surface area contributed by atoms with Gasteiger partial charge in [-0.2, -0.15) is 0 Å². The predicted octanol–water partition coefficient (Wildman–Crippen LogP) is 8.96. The van der Waals surface area contributed by atoms with Crippen molar-refractivity contribution in [1.29, 1.82) is 0 Å². The van der Waals surface area contributed by atoms with Crippen molar-refractivity contribution in [3.8, 4) is 11.4 Å². The summed E-state index contributed by atoms with van der Waals surface area (Å²) in [5.74, 6) is 2.73. The minimum Gasteiger partial charge on any atom is -0.236 e. The molecule has 1 aromatic carbocycles. The molecule has 3 heteroatoms. The molecule has 3 rings (SSSR count). The maximum atomic E-state index is 4.68. The third-order valence-corrected chi connectivity index (χ3v) is 7.83. The van der Waals surface area contributed by atoms with Crippen LogP contribution in [0.3, 0.4) is 0 Å². The van der Waals surface area contributed by atoms with Crippen molar-refractivity contribution in [3.63, 3.8) is 0 Å². The van der Waals surface area contributed by atoms with Crippen LogP contribution in [-0.2, 0) is 12.8 Å². The first-order valence-electron chi connectivity index (χ1n) is 12.8. The lowest BCUT2D eigenvalue weighted by atomic mass is 9.78. The molecule has 0 radical (unpaired) electrons. The SMILES string of the molecule is CCCCCc1ccc(-c2ncc(CC[C@H]3CC[C@H](CCCCC)CC3)cn2)cc1Br. The van der Waals surface area contributed by atoms with Gasteiger partial charge in [0.15, 0.2) is 5.82 Å². The highest BCUT2D eigenvalue weighted by atomic mass is 79.9. The molecule has 1 aliphatic rings. The number of aromatic nitrogens is 2. The molecule has 1 fully saturated rings. The van der Waals surface area contributed by atoms with Gasteiger partial charge >= 0.3 is 0 Å². The van der Waals surface area contributed by atoms with Gasteiger partial charge in [0, 0.05) is 22.4 Å². The second-order valence-electron chi connectivity index (χ2n) is 9.60. The minimum absolute atomic E-state index is 0.831. The summed E-state index contributed by atoms with van der Waals surface area (Å²) in [5, 5.41) is 0. The first-order chi connectivity index (χ1) is 15.2. The van der Waals surface area contributed by atoms with Crippen molar-refractivity contribution in [1.82, 2.24) is 9.97 Å². The highest BCUT2D eigenvalue weighted by Gasteiger charge is 2.20. The van der Waals surface area contributed by atoms with Gasteiger partial charge in [-0.3, -0.25) is 0 Å². The van der Waals surface area contributed by atoms with Crippen LogP contribution in [0, 0.1) is 11.8 Å². The van der Waals surface area contributed by atoms with Gasteiger partial charge in [-0.25, -0.2) is 9.97 Å². The second-order valence-corrected chi connectivity index (χ2v) is 10.5. The highest BCUT2D eigenvalue weighted by Crippen LogP contribution is 2.34. The Morgan fingerprint density at radius 2 is 1.45 bits per heavy atom. The molecule has 0 atom stereocenters.